The third kappa shape index (κ3) is 29.6. The maximum Gasteiger partial charge on any atom is 0.302 e. The average Bonchev–Trinajstić information content (AvgIpc) is 2.22. The molecule has 0 aromatic heterocycles. The Morgan fingerprint density at radius 2 is 1.44 bits per heavy atom. The predicted octanol–water partition coefficient (Wildman–Crippen LogP) is 1.13. The van der Waals surface area contributed by atoms with Crippen molar-refractivity contribution in [2.45, 2.75) is 13.8 Å². The fourth-order valence-corrected chi connectivity index (χ4v) is 0.588. The van der Waals surface area contributed by atoms with E-state index in [1.54, 1.807) is 6.92 Å². The van der Waals surface area contributed by atoms with Crippen LogP contribution in [-0.4, -0.2) is 29.6 Å². The maximum absolute atomic E-state index is 9.82. The van der Waals surface area contributed by atoms with Crippen molar-refractivity contribution in [1.82, 2.24) is 0 Å². The molecule has 1 aromatic carbocycles. The molecule has 0 fully saturated rings. The Balaban J connectivity index is -0.000000163. The van der Waals surface area contributed by atoms with Crippen molar-refractivity contribution >= 4 is 12.4 Å². The van der Waals surface area contributed by atoms with Crippen molar-refractivity contribution in [2.24, 2.45) is 0 Å². The zero-order valence-electron chi connectivity index (χ0n) is 9.42. The predicted molar refractivity (Wildman–Crippen MR) is 61.1 cm³/mol. The number of carbonyl (C=O) groups excluding carboxylic acids is 1. The van der Waals surface area contributed by atoms with Crippen LogP contribution in [0.1, 0.15) is 13.8 Å². The summed E-state index contributed by atoms with van der Waals surface area (Å²) >= 11 is 0. The average molecular weight is 230 g/mol. The Labute approximate surface area is 95.0 Å². The van der Waals surface area contributed by atoms with E-state index in [2.05, 4.69) is 4.74 Å². The minimum Gasteiger partial charge on any atom is -0.483 e. The molecule has 0 unspecified atom stereocenters. The van der Waals surface area contributed by atoms with Gasteiger partial charge in [-0.25, -0.2) is 0 Å². The summed E-state index contributed by atoms with van der Waals surface area (Å²) in [5.41, 5.74) is 0. The first-order valence-electron chi connectivity index (χ1n) is 4.40. The summed E-state index contributed by atoms with van der Waals surface area (Å²) in [5, 5.41) is 6.89. The maximum atomic E-state index is 9.82. The van der Waals surface area contributed by atoms with Gasteiger partial charge in [-0.3, -0.25) is 9.59 Å². The van der Waals surface area contributed by atoms with Crippen molar-refractivity contribution in [1.29, 1.82) is 0 Å². The van der Waals surface area contributed by atoms with Crippen LogP contribution in [0.25, 0.3) is 0 Å². The lowest BCUT2D eigenvalue weighted by atomic mass is 10.4. The van der Waals surface area contributed by atoms with E-state index in [0.717, 1.165) is 0 Å². The highest BCUT2D eigenvalue weighted by molar-refractivity contribution is 5.65. The summed E-state index contributed by atoms with van der Waals surface area (Å²) in [6.45, 7) is 3.40. The number of ether oxygens (including phenoxy) is 1. The smallest absolute Gasteiger partial charge is 0.302 e. The van der Waals surface area contributed by atoms with Crippen LogP contribution in [0.4, 0.5) is 0 Å². The van der Waals surface area contributed by atoms with Gasteiger partial charge in [0.1, 0.15) is 0 Å². The highest BCUT2D eigenvalue weighted by Gasteiger charge is 1.81. The van der Waals surface area contributed by atoms with Gasteiger partial charge >= 0.3 is 5.97 Å². The van der Waals surface area contributed by atoms with E-state index in [4.69, 9.17) is 9.90 Å². The Bertz CT molecular complexity index is 209. The number of carboxylic acid groups (broad SMARTS) is 1. The summed E-state index contributed by atoms with van der Waals surface area (Å²) in [6.07, 6.45) is 0. The van der Waals surface area contributed by atoms with Crippen molar-refractivity contribution < 1.29 is 24.9 Å². The summed E-state index contributed by atoms with van der Waals surface area (Å²) in [4.78, 5) is 18.2. The highest BCUT2D eigenvalue weighted by Crippen LogP contribution is 1.79. The van der Waals surface area contributed by atoms with E-state index in [0.29, 0.717) is 6.61 Å². The monoisotopic (exact) mass is 230 g/mol. The molecule has 0 atom stereocenters. The van der Waals surface area contributed by atoms with E-state index < -0.39 is 0 Å². The second-order valence-corrected chi connectivity index (χ2v) is 2.18. The summed E-state index contributed by atoms with van der Waals surface area (Å²) in [5.74, 6) is -0.211. The molecular formula is C11H18O5. The molecule has 0 aliphatic carbocycles. The second kappa shape index (κ2) is 18.8. The van der Waals surface area contributed by atoms with E-state index >= 15 is 0 Å². The SMILES string of the molecule is CCOC(C)=O.O.O=CO.c1ccccc1. The first-order valence-corrected chi connectivity index (χ1v) is 4.40. The minimum atomic E-state index is -0.250. The summed E-state index contributed by atoms with van der Waals surface area (Å²) in [6, 6.07) is 12.0. The third-order valence-corrected chi connectivity index (χ3v) is 1.01. The number of rotatable bonds is 1. The zero-order chi connectivity index (χ0) is 11.9. The van der Waals surface area contributed by atoms with Gasteiger partial charge in [-0.2, -0.15) is 0 Å². The molecule has 1 aromatic rings. The van der Waals surface area contributed by atoms with Gasteiger partial charge in [0.15, 0.2) is 0 Å². The zero-order valence-corrected chi connectivity index (χ0v) is 9.42. The molecule has 0 heterocycles. The fourth-order valence-electron chi connectivity index (χ4n) is 0.588. The lowest BCUT2D eigenvalue weighted by Gasteiger charge is -1.89. The quantitative estimate of drug-likeness (QED) is 0.577. The van der Waals surface area contributed by atoms with Crippen LogP contribution in [0, 0.1) is 0 Å². The summed E-state index contributed by atoms with van der Waals surface area (Å²) in [7, 11) is 0. The Morgan fingerprint density at radius 3 is 1.50 bits per heavy atom. The topological polar surface area (TPSA) is 95.1 Å². The molecule has 0 spiro atoms. The van der Waals surface area contributed by atoms with Crippen LogP contribution in [0.15, 0.2) is 36.4 Å². The van der Waals surface area contributed by atoms with Crippen LogP contribution < -0.4 is 0 Å². The van der Waals surface area contributed by atoms with Crippen molar-refractivity contribution in [3.63, 3.8) is 0 Å². The van der Waals surface area contributed by atoms with E-state index in [9.17, 15) is 4.79 Å². The van der Waals surface area contributed by atoms with E-state index in [-0.39, 0.29) is 17.9 Å². The first-order chi connectivity index (χ1) is 7.18. The van der Waals surface area contributed by atoms with Gasteiger partial charge in [0.25, 0.3) is 6.47 Å². The van der Waals surface area contributed by atoms with Crippen molar-refractivity contribution in [2.75, 3.05) is 6.61 Å². The second-order valence-electron chi connectivity index (χ2n) is 2.18. The van der Waals surface area contributed by atoms with Crippen molar-refractivity contribution in [3.8, 4) is 0 Å². The van der Waals surface area contributed by atoms with Gasteiger partial charge in [-0.05, 0) is 6.92 Å². The van der Waals surface area contributed by atoms with Gasteiger partial charge in [0, 0.05) is 6.92 Å². The lowest BCUT2D eigenvalue weighted by Crippen LogP contribution is -1.95. The molecule has 0 aliphatic rings. The Hall–Kier alpha value is -1.88. The normalized spacial score (nSPS) is 6.62. The van der Waals surface area contributed by atoms with Crippen LogP contribution in [0.5, 0.6) is 0 Å². The van der Waals surface area contributed by atoms with E-state index in [1.807, 2.05) is 36.4 Å². The summed E-state index contributed by atoms with van der Waals surface area (Å²) < 4.78 is 4.40. The van der Waals surface area contributed by atoms with Crippen LogP contribution in [0.2, 0.25) is 0 Å². The van der Waals surface area contributed by atoms with Crippen LogP contribution in [-0.2, 0) is 14.3 Å². The molecule has 1 rings (SSSR count). The van der Waals surface area contributed by atoms with Gasteiger partial charge in [0.2, 0.25) is 0 Å². The Kier molecular flexibility index (Phi) is 23.1. The fraction of sp³-hybridized carbons (Fsp3) is 0.273. The van der Waals surface area contributed by atoms with Gasteiger partial charge in [-0.15, -0.1) is 0 Å². The molecular weight excluding hydrogens is 212 g/mol. The lowest BCUT2D eigenvalue weighted by molar-refractivity contribution is -0.140. The molecule has 16 heavy (non-hydrogen) atoms. The molecule has 0 bridgehead atoms. The molecule has 0 amide bonds. The first kappa shape index (κ1) is 19.7. The standard InChI is InChI=1S/C6H6.C4H8O2.CH2O2.H2O/c1-2-4-6-5-3-1;1-3-6-4(2)5;2-1-3;/h1-6H;3H2,1-2H3;1H,(H,2,3);1H2. The third-order valence-electron chi connectivity index (χ3n) is 1.01. The number of benzene rings is 1. The molecule has 0 saturated heterocycles. The highest BCUT2D eigenvalue weighted by atomic mass is 16.5. The molecule has 0 saturated carbocycles. The van der Waals surface area contributed by atoms with E-state index in [1.165, 1.54) is 6.92 Å². The minimum absolute atomic E-state index is 0. The molecule has 3 N–H and O–H groups in total. The largest absolute Gasteiger partial charge is 0.483 e. The molecule has 5 nitrogen and oxygen atoms in total. The van der Waals surface area contributed by atoms with Crippen molar-refractivity contribution in [3.05, 3.63) is 36.4 Å². The molecule has 0 aliphatic heterocycles. The molecule has 5 heteroatoms. The molecule has 92 valence electrons. The number of hydrogen-bond donors (Lipinski definition) is 1. The van der Waals surface area contributed by atoms with Gasteiger partial charge in [0.05, 0.1) is 6.61 Å². The van der Waals surface area contributed by atoms with Gasteiger partial charge < -0.3 is 15.3 Å². The van der Waals surface area contributed by atoms with Crippen LogP contribution in [0.3, 0.4) is 0 Å². The number of esters is 1. The number of carbonyl (C=O) groups is 2. The Morgan fingerprint density at radius 1 is 1.19 bits per heavy atom. The molecule has 0 radical (unpaired) electrons. The number of hydrogen-bond acceptors (Lipinski definition) is 3. The van der Waals surface area contributed by atoms with Gasteiger partial charge in [-0.1, -0.05) is 36.4 Å². The van der Waals surface area contributed by atoms with Crippen LogP contribution >= 0.6 is 0 Å².